The fourth-order valence-electron chi connectivity index (χ4n) is 1.21. The fourth-order valence-corrected chi connectivity index (χ4v) is 1.37. The Morgan fingerprint density at radius 1 is 1.64 bits per heavy atom. The minimum atomic E-state index is 0.0625. The van der Waals surface area contributed by atoms with Gasteiger partial charge in [0.15, 0.2) is 4.77 Å². The Bertz CT molecular complexity index is 352. The average molecular weight is 214 g/mol. The van der Waals surface area contributed by atoms with Gasteiger partial charge in [-0.25, -0.2) is 0 Å². The van der Waals surface area contributed by atoms with E-state index in [0.717, 1.165) is 13.1 Å². The van der Waals surface area contributed by atoms with E-state index in [1.165, 1.54) is 6.33 Å². The highest BCUT2D eigenvalue weighted by Gasteiger charge is 2.10. The molecule has 1 amide bonds. The van der Waals surface area contributed by atoms with Crippen LogP contribution in [0.3, 0.4) is 0 Å². The van der Waals surface area contributed by atoms with E-state index in [4.69, 9.17) is 12.2 Å². The third-order valence-electron chi connectivity index (χ3n) is 2.04. The van der Waals surface area contributed by atoms with Crippen molar-refractivity contribution in [2.45, 2.75) is 20.4 Å². The molecule has 1 aromatic heterocycles. The summed E-state index contributed by atoms with van der Waals surface area (Å²) in [5.41, 5.74) is 0. The first kappa shape index (κ1) is 10.9. The van der Waals surface area contributed by atoms with E-state index in [0.29, 0.717) is 4.77 Å². The lowest BCUT2D eigenvalue weighted by atomic mass is 10.4. The first-order valence-electron chi connectivity index (χ1n) is 4.56. The van der Waals surface area contributed by atoms with Crippen LogP contribution in [0.25, 0.3) is 0 Å². The van der Waals surface area contributed by atoms with Crippen molar-refractivity contribution in [3.8, 4) is 0 Å². The van der Waals surface area contributed by atoms with Crippen LogP contribution >= 0.6 is 12.2 Å². The van der Waals surface area contributed by atoms with Crippen LogP contribution in [0.5, 0.6) is 0 Å². The van der Waals surface area contributed by atoms with Gasteiger partial charge < -0.3 is 4.90 Å². The summed E-state index contributed by atoms with van der Waals surface area (Å²) in [5, 5.41) is 6.35. The fraction of sp³-hybridized carbons (Fsp3) is 0.625. The van der Waals surface area contributed by atoms with E-state index < -0.39 is 0 Å². The van der Waals surface area contributed by atoms with E-state index in [9.17, 15) is 4.79 Å². The summed E-state index contributed by atoms with van der Waals surface area (Å²) in [6.45, 7) is 5.62. The molecule has 5 nitrogen and oxygen atoms in total. The van der Waals surface area contributed by atoms with Crippen molar-refractivity contribution in [2.24, 2.45) is 0 Å². The number of aromatic amines is 1. The highest BCUT2D eigenvalue weighted by Crippen LogP contribution is 1.94. The van der Waals surface area contributed by atoms with Crippen LogP contribution < -0.4 is 0 Å². The van der Waals surface area contributed by atoms with Gasteiger partial charge in [0.1, 0.15) is 12.9 Å². The van der Waals surface area contributed by atoms with Gasteiger partial charge in [-0.15, -0.1) is 0 Å². The van der Waals surface area contributed by atoms with Crippen molar-refractivity contribution in [1.29, 1.82) is 0 Å². The molecule has 0 unspecified atom stereocenters. The average Bonchev–Trinajstić information content (AvgIpc) is 2.54. The van der Waals surface area contributed by atoms with Crippen molar-refractivity contribution in [1.82, 2.24) is 19.7 Å². The lowest BCUT2D eigenvalue weighted by Crippen LogP contribution is -2.33. The van der Waals surface area contributed by atoms with Crippen molar-refractivity contribution in [2.75, 3.05) is 13.1 Å². The Morgan fingerprint density at radius 2 is 2.29 bits per heavy atom. The van der Waals surface area contributed by atoms with Gasteiger partial charge in [-0.1, -0.05) is 0 Å². The number of rotatable bonds is 4. The number of likely N-dealkylation sites (N-methyl/N-ethyl adjacent to an activating group) is 1. The van der Waals surface area contributed by atoms with Crippen molar-refractivity contribution >= 4 is 18.1 Å². The maximum Gasteiger partial charge on any atom is 0.242 e. The Kier molecular flexibility index (Phi) is 3.82. The number of aromatic nitrogens is 3. The molecule has 14 heavy (non-hydrogen) atoms. The Hall–Kier alpha value is -1.17. The molecule has 0 aliphatic heterocycles. The molecule has 0 aliphatic rings. The molecule has 0 bridgehead atoms. The maximum atomic E-state index is 11.6. The zero-order valence-electron chi connectivity index (χ0n) is 8.36. The van der Waals surface area contributed by atoms with Crippen molar-refractivity contribution < 1.29 is 4.79 Å². The lowest BCUT2D eigenvalue weighted by Gasteiger charge is -2.18. The number of carbonyl (C=O) groups excluding carboxylic acids is 1. The zero-order chi connectivity index (χ0) is 10.6. The van der Waals surface area contributed by atoms with Gasteiger partial charge in [-0.3, -0.25) is 14.5 Å². The highest BCUT2D eigenvalue weighted by molar-refractivity contribution is 7.71. The minimum absolute atomic E-state index is 0.0625. The van der Waals surface area contributed by atoms with E-state index in [-0.39, 0.29) is 12.5 Å². The summed E-state index contributed by atoms with van der Waals surface area (Å²) in [7, 11) is 0. The molecule has 1 aromatic rings. The summed E-state index contributed by atoms with van der Waals surface area (Å²) in [6.07, 6.45) is 1.53. The van der Waals surface area contributed by atoms with Crippen molar-refractivity contribution in [3.63, 3.8) is 0 Å². The third-order valence-corrected chi connectivity index (χ3v) is 2.37. The SMILES string of the molecule is CCN(CC)C(=O)Cn1cn[nH]c1=S. The summed E-state index contributed by atoms with van der Waals surface area (Å²) in [4.78, 5) is 13.4. The number of nitrogens with zero attached hydrogens (tertiary/aromatic N) is 3. The van der Waals surface area contributed by atoms with Gasteiger partial charge in [0.25, 0.3) is 0 Å². The molecule has 1 N–H and O–H groups in total. The molecule has 0 aromatic carbocycles. The highest BCUT2D eigenvalue weighted by atomic mass is 32.1. The van der Waals surface area contributed by atoms with Crippen LogP contribution in [0, 0.1) is 4.77 Å². The van der Waals surface area contributed by atoms with Gasteiger partial charge in [0, 0.05) is 13.1 Å². The summed E-state index contributed by atoms with van der Waals surface area (Å²) < 4.78 is 2.10. The summed E-state index contributed by atoms with van der Waals surface area (Å²) in [6, 6.07) is 0. The Labute approximate surface area is 87.7 Å². The van der Waals surface area contributed by atoms with Gasteiger partial charge >= 0.3 is 0 Å². The van der Waals surface area contributed by atoms with Crippen LogP contribution in [-0.4, -0.2) is 38.7 Å². The molecule has 78 valence electrons. The van der Waals surface area contributed by atoms with E-state index in [2.05, 4.69) is 10.2 Å². The molecule has 0 saturated carbocycles. The van der Waals surface area contributed by atoms with E-state index in [1.807, 2.05) is 13.8 Å². The van der Waals surface area contributed by atoms with E-state index >= 15 is 0 Å². The molecule has 0 fully saturated rings. The second-order valence-electron chi connectivity index (χ2n) is 2.86. The number of hydrogen-bond acceptors (Lipinski definition) is 3. The predicted molar refractivity (Wildman–Crippen MR) is 55.3 cm³/mol. The summed E-state index contributed by atoms with van der Waals surface area (Å²) in [5.74, 6) is 0.0625. The smallest absolute Gasteiger partial charge is 0.242 e. The summed E-state index contributed by atoms with van der Waals surface area (Å²) >= 11 is 4.94. The third kappa shape index (κ3) is 2.41. The predicted octanol–water partition coefficient (Wildman–Crippen LogP) is 0.809. The molecule has 0 atom stereocenters. The largest absolute Gasteiger partial charge is 0.342 e. The molecule has 0 aliphatic carbocycles. The Morgan fingerprint density at radius 3 is 2.71 bits per heavy atom. The molecule has 0 saturated heterocycles. The monoisotopic (exact) mass is 214 g/mol. The second kappa shape index (κ2) is 4.90. The van der Waals surface area contributed by atoms with Crippen LogP contribution in [0.4, 0.5) is 0 Å². The first-order valence-corrected chi connectivity index (χ1v) is 4.97. The van der Waals surface area contributed by atoms with Gasteiger partial charge in [0.05, 0.1) is 0 Å². The topological polar surface area (TPSA) is 53.9 Å². The van der Waals surface area contributed by atoms with Gasteiger partial charge in [-0.2, -0.15) is 5.10 Å². The second-order valence-corrected chi connectivity index (χ2v) is 3.24. The molecular weight excluding hydrogens is 200 g/mol. The first-order chi connectivity index (χ1) is 6.69. The molecule has 1 heterocycles. The maximum absolute atomic E-state index is 11.6. The van der Waals surface area contributed by atoms with Gasteiger partial charge in [-0.05, 0) is 26.1 Å². The zero-order valence-corrected chi connectivity index (χ0v) is 9.17. The Balaban J connectivity index is 2.65. The minimum Gasteiger partial charge on any atom is -0.342 e. The molecule has 6 heteroatoms. The molecular formula is C8H14N4OS. The molecule has 0 radical (unpaired) electrons. The number of H-pyrrole nitrogens is 1. The van der Waals surface area contributed by atoms with Crippen LogP contribution in [0.1, 0.15) is 13.8 Å². The van der Waals surface area contributed by atoms with Crippen LogP contribution in [0.2, 0.25) is 0 Å². The van der Waals surface area contributed by atoms with E-state index in [1.54, 1.807) is 9.47 Å². The van der Waals surface area contributed by atoms with Gasteiger partial charge in [0.2, 0.25) is 5.91 Å². The lowest BCUT2D eigenvalue weighted by molar-refractivity contribution is -0.131. The van der Waals surface area contributed by atoms with Crippen LogP contribution in [-0.2, 0) is 11.3 Å². The number of nitrogens with one attached hydrogen (secondary N) is 1. The number of carbonyl (C=O) groups is 1. The molecule has 1 rings (SSSR count). The number of amides is 1. The standard InChI is InChI=1S/C8H14N4OS/c1-3-11(4-2)7(13)5-12-6-9-10-8(12)14/h6H,3-5H2,1-2H3,(H,10,14). The van der Waals surface area contributed by atoms with Crippen molar-refractivity contribution in [3.05, 3.63) is 11.1 Å². The number of hydrogen-bond donors (Lipinski definition) is 1. The van der Waals surface area contributed by atoms with Crippen LogP contribution in [0.15, 0.2) is 6.33 Å². The normalized spacial score (nSPS) is 10.1. The molecule has 0 spiro atoms. The quantitative estimate of drug-likeness (QED) is 0.755.